The van der Waals surface area contributed by atoms with Crippen molar-refractivity contribution in [3.8, 4) is 0 Å². The summed E-state index contributed by atoms with van der Waals surface area (Å²) in [5.74, 6) is 0.0330. The first-order valence-corrected chi connectivity index (χ1v) is 9.12. The zero-order chi connectivity index (χ0) is 19.8. The number of hydrogen-bond donors (Lipinski definition) is 1. The highest BCUT2D eigenvalue weighted by molar-refractivity contribution is 5.73. The number of likely N-dealkylation sites (tertiary alicyclic amines) is 1. The summed E-state index contributed by atoms with van der Waals surface area (Å²) in [6, 6.07) is 3.19. The van der Waals surface area contributed by atoms with Crippen LogP contribution in [0.2, 0.25) is 0 Å². The molecule has 2 aromatic rings. The van der Waals surface area contributed by atoms with Crippen molar-refractivity contribution in [3.05, 3.63) is 29.7 Å². The molecule has 1 aromatic heterocycles. The van der Waals surface area contributed by atoms with E-state index < -0.39 is 23.4 Å². The Morgan fingerprint density at radius 1 is 1.44 bits per heavy atom. The Balaban J connectivity index is 1.85. The summed E-state index contributed by atoms with van der Waals surface area (Å²) in [7, 11) is 0. The van der Waals surface area contributed by atoms with E-state index in [1.165, 1.54) is 11.0 Å². The Hall–Kier alpha value is -2.25. The summed E-state index contributed by atoms with van der Waals surface area (Å²) >= 11 is 0. The van der Waals surface area contributed by atoms with Crippen LogP contribution in [0.4, 0.5) is 18.0 Å². The predicted octanol–water partition coefficient (Wildman–Crippen LogP) is 5.65. The highest BCUT2D eigenvalue weighted by Gasteiger charge is 2.42. The normalized spacial score (nSPS) is 23.7. The minimum Gasteiger partial charge on any atom is -0.465 e. The van der Waals surface area contributed by atoms with Crippen molar-refractivity contribution < 1.29 is 27.5 Å². The van der Waals surface area contributed by atoms with Crippen molar-refractivity contribution in [3.63, 3.8) is 0 Å². The molecule has 0 aliphatic carbocycles. The molecular weight excluding hydrogens is 361 g/mol. The van der Waals surface area contributed by atoms with Crippen molar-refractivity contribution >= 4 is 17.2 Å². The Morgan fingerprint density at radius 2 is 2.19 bits per heavy atom. The van der Waals surface area contributed by atoms with Crippen molar-refractivity contribution in [1.82, 2.24) is 9.88 Å². The Bertz CT molecular complexity index is 833. The van der Waals surface area contributed by atoms with Crippen molar-refractivity contribution in [2.75, 3.05) is 6.54 Å². The third-order valence-corrected chi connectivity index (χ3v) is 5.47. The van der Waals surface area contributed by atoms with Crippen LogP contribution in [-0.2, 0) is 6.18 Å². The highest BCUT2D eigenvalue weighted by atomic mass is 19.4. The number of halogens is 3. The molecule has 0 unspecified atom stereocenters. The number of carboxylic acid groups (broad SMARTS) is 1. The number of hydrogen-bond acceptors (Lipinski definition) is 3. The van der Waals surface area contributed by atoms with Gasteiger partial charge in [0.2, 0.25) is 0 Å². The molecule has 0 bridgehead atoms. The maximum Gasteiger partial charge on any atom is 0.416 e. The fraction of sp³-hybridized carbons (Fsp3) is 0.579. The van der Waals surface area contributed by atoms with Gasteiger partial charge in [-0.3, -0.25) is 0 Å². The van der Waals surface area contributed by atoms with E-state index in [0.29, 0.717) is 18.7 Å². The summed E-state index contributed by atoms with van der Waals surface area (Å²) in [5, 5.41) is 9.65. The lowest BCUT2D eigenvalue weighted by molar-refractivity contribution is -0.137. The molecule has 2 heterocycles. The van der Waals surface area contributed by atoms with E-state index in [0.717, 1.165) is 31.4 Å². The van der Waals surface area contributed by atoms with Gasteiger partial charge in [0.15, 0.2) is 11.5 Å². The van der Waals surface area contributed by atoms with Crippen LogP contribution in [-0.4, -0.2) is 33.2 Å². The molecule has 148 valence electrons. The number of amides is 1. The van der Waals surface area contributed by atoms with Crippen LogP contribution in [0, 0.1) is 0 Å². The molecule has 1 amide bonds. The second kappa shape index (κ2) is 7.05. The van der Waals surface area contributed by atoms with Gasteiger partial charge in [0, 0.05) is 12.1 Å². The lowest BCUT2D eigenvalue weighted by atomic mass is 9.80. The summed E-state index contributed by atoms with van der Waals surface area (Å²) in [6.45, 7) is 4.25. The number of aromatic nitrogens is 1. The average molecular weight is 384 g/mol. The SMILES string of the molecule is CCCC[C@]1(C)CC[C@@H](c2nc3cc(C(F)(F)F)ccc3o2)CN1C(=O)O. The molecule has 1 fully saturated rings. The van der Waals surface area contributed by atoms with Crippen LogP contribution in [0.15, 0.2) is 22.6 Å². The first-order chi connectivity index (χ1) is 12.6. The van der Waals surface area contributed by atoms with Crippen LogP contribution in [0.5, 0.6) is 0 Å². The van der Waals surface area contributed by atoms with Gasteiger partial charge in [0.05, 0.1) is 11.5 Å². The largest absolute Gasteiger partial charge is 0.465 e. The number of unbranched alkanes of at least 4 members (excludes halogenated alkanes) is 1. The predicted molar refractivity (Wildman–Crippen MR) is 93.6 cm³/mol. The first-order valence-electron chi connectivity index (χ1n) is 9.12. The van der Waals surface area contributed by atoms with E-state index in [2.05, 4.69) is 11.9 Å². The zero-order valence-corrected chi connectivity index (χ0v) is 15.3. The molecule has 1 aliphatic rings. The number of fused-ring (bicyclic) bond motifs is 1. The molecule has 1 saturated heterocycles. The highest BCUT2D eigenvalue weighted by Crippen LogP contribution is 2.40. The Labute approximate surface area is 155 Å². The molecule has 5 nitrogen and oxygen atoms in total. The fourth-order valence-electron chi connectivity index (χ4n) is 3.78. The topological polar surface area (TPSA) is 66.6 Å². The van der Waals surface area contributed by atoms with Gasteiger partial charge in [0.25, 0.3) is 0 Å². The smallest absolute Gasteiger partial charge is 0.416 e. The number of piperidine rings is 1. The molecule has 0 saturated carbocycles. The number of rotatable bonds is 4. The van der Waals surface area contributed by atoms with Gasteiger partial charge in [0.1, 0.15) is 5.52 Å². The second-order valence-electron chi connectivity index (χ2n) is 7.46. The van der Waals surface area contributed by atoms with E-state index in [-0.39, 0.29) is 23.6 Å². The number of benzene rings is 1. The summed E-state index contributed by atoms with van der Waals surface area (Å²) in [6.07, 6.45) is -1.38. The summed E-state index contributed by atoms with van der Waals surface area (Å²) in [5.41, 5.74) is -0.800. The van der Waals surface area contributed by atoms with Gasteiger partial charge in [-0.05, 0) is 44.4 Å². The molecule has 3 rings (SSSR count). The lowest BCUT2D eigenvalue weighted by Gasteiger charge is -2.45. The van der Waals surface area contributed by atoms with Gasteiger partial charge < -0.3 is 14.4 Å². The van der Waals surface area contributed by atoms with E-state index in [1.807, 2.05) is 6.92 Å². The fourth-order valence-corrected chi connectivity index (χ4v) is 3.78. The number of nitrogens with zero attached hydrogens (tertiary/aromatic N) is 2. The molecule has 1 N–H and O–H groups in total. The molecule has 0 radical (unpaired) electrons. The molecule has 1 aromatic carbocycles. The van der Waals surface area contributed by atoms with Crippen LogP contribution < -0.4 is 0 Å². The molecule has 0 spiro atoms. The zero-order valence-electron chi connectivity index (χ0n) is 15.3. The van der Waals surface area contributed by atoms with Crippen LogP contribution >= 0.6 is 0 Å². The van der Waals surface area contributed by atoms with Crippen molar-refractivity contribution in [1.29, 1.82) is 0 Å². The first kappa shape index (κ1) is 19.5. The maximum atomic E-state index is 12.9. The van der Waals surface area contributed by atoms with E-state index >= 15 is 0 Å². The van der Waals surface area contributed by atoms with Crippen molar-refractivity contribution in [2.24, 2.45) is 0 Å². The molecule has 27 heavy (non-hydrogen) atoms. The van der Waals surface area contributed by atoms with Crippen LogP contribution in [0.1, 0.15) is 63.3 Å². The van der Waals surface area contributed by atoms with E-state index in [4.69, 9.17) is 4.42 Å². The van der Waals surface area contributed by atoms with Crippen LogP contribution in [0.25, 0.3) is 11.1 Å². The standard InChI is InChI=1S/C19H23F3N2O3/c1-3-4-8-18(2)9-7-12(11-24(18)17(25)26)16-23-14-10-13(19(20,21)22)5-6-15(14)27-16/h5-6,10,12H,3-4,7-9,11H2,1-2H3,(H,25,26)/t12-,18-/m1/s1. The van der Waals surface area contributed by atoms with Gasteiger partial charge >= 0.3 is 12.3 Å². The third kappa shape index (κ3) is 3.89. The third-order valence-electron chi connectivity index (χ3n) is 5.47. The monoisotopic (exact) mass is 384 g/mol. The second-order valence-corrected chi connectivity index (χ2v) is 7.46. The van der Waals surface area contributed by atoms with Crippen LogP contribution in [0.3, 0.4) is 0 Å². The molecular formula is C19H23F3N2O3. The molecule has 2 atom stereocenters. The van der Waals surface area contributed by atoms with Gasteiger partial charge in [-0.25, -0.2) is 9.78 Å². The lowest BCUT2D eigenvalue weighted by Crippen LogP contribution is -2.54. The molecule has 8 heteroatoms. The van der Waals surface area contributed by atoms with E-state index in [1.54, 1.807) is 0 Å². The van der Waals surface area contributed by atoms with Crippen molar-refractivity contribution in [2.45, 2.75) is 63.6 Å². The number of carbonyl (C=O) groups is 1. The van der Waals surface area contributed by atoms with Gasteiger partial charge in [-0.15, -0.1) is 0 Å². The van der Waals surface area contributed by atoms with Gasteiger partial charge in [-0.2, -0.15) is 13.2 Å². The summed E-state index contributed by atoms with van der Waals surface area (Å²) < 4.78 is 44.3. The summed E-state index contributed by atoms with van der Waals surface area (Å²) in [4.78, 5) is 17.5. The Kier molecular flexibility index (Phi) is 5.10. The van der Waals surface area contributed by atoms with E-state index in [9.17, 15) is 23.1 Å². The minimum atomic E-state index is -4.45. The average Bonchev–Trinajstić information content (AvgIpc) is 3.02. The minimum absolute atomic E-state index is 0.140. The Morgan fingerprint density at radius 3 is 2.81 bits per heavy atom. The number of alkyl halides is 3. The van der Waals surface area contributed by atoms with Gasteiger partial charge in [-0.1, -0.05) is 19.8 Å². The quantitative estimate of drug-likeness (QED) is 0.739. The molecule has 1 aliphatic heterocycles. The maximum absolute atomic E-state index is 12.9. The number of oxazole rings is 1.